The van der Waals surface area contributed by atoms with Crippen molar-refractivity contribution in [1.29, 1.82) is 5.26 Å². The average molecular weight is 713 g/mol. The van der Waals surface area contributed by atoms with Crippen molar-refractivity contribution in [3.63, 3.8) is 0 Å². The van der Waals surface area contributed by atoms with E-state index in [2.05, 4.69) is 115 Å². The Labute approximate surface area is 323 Å². The molecule has 1 unspecified atom stereocenters. The highest BCUT2D eigenvalue weighted by Crippen LogP contribution is 2.63. The molecule has 9 aromatic rings. The van der Waals surface area contributed by atoms with Crippen LogP contribution in [-0.4, -0.2) is 15.0 Å². The maximum Gasteiger partial charge on any atom is 0.164 e. The maximum absolute atomic E-state index is 10.00. The molecular formula is C51H28N4O. The SMILES string of the molecule is N#Cc1ccc2c(c1)Oc1cc(-c3nc(-c4ccccc4)nc(-c4ccc(-c5ccccc5)cc4)n3)ccc1C21c2ccccc2-c2c1ccc1c#cccc21. The van der Waals surface area contributed by atoms with Crippen molar-refractivity contribution in [1.82, 2.24) is 15.0 Å². The van der Waals surface area contributed by atoms with E-state index in [9.17, 15) is 5.26 Å². The van der Waals surface area contributed by atoms with Crippen LogP contribution in [0.3, 0.4) is 0 Å². The molecule has 1 aliphatic heterocycles. The van der Waals surface area contributed by atoms with E-state index >= 15 is 0 Å². The fourth-order valence-electron chi connectivity index (χ4n) is 8.60. The molecular weight excluding hydrogens is 685 g/mol. The standard InChI is InChI=1S/C51H28N4O/c52-31-32-19-26-42-45(29-32)56-46-30-38(25-27-43(46)51(42)41-18-10-9-17-40(41)47-39-16-8-7-13-35(39)24-28-44(47)51)50-54-48(36-14-5-2-6-15-36)53-49(55-50)37-22-20-34(21-23-37)33-11-3-1-4-12-33/h1-6,8-12,14-30H. The van der Waals surface area contributed by atoms with Gasteiger partial charge in [0.05, 0.1) is 17.0 Å². The van der Waals surface area contributed by atoms with Crippen LogP contribution in [0.15, 0.2) is 170 Å². The summed E-state index contributed by atoms with van der Waals surface area (Å²) in [7, 11) is 0. The van der Waals surface area contributed by atoms with Gasteiger partial charge in [0.15, 0.2) is 17.5 Å². The Bertz CT molecular complexity index is 3060. The molecule has 1 spiro atoms. The van der Waals surface area contributed by atoms with Crippen LogP contribution in [0, 0.1) is 23.5 Å². The van der Waals surface area contributed by atoms with Crippen molar-refractivity contribution < 1.29 is 4.74 Å². The Morgan fingerprint density at radius 1 is 0.500 bits per heavy atom. The van der Waals surface area contributed by atoms with Crippen molar-refractivity contribution in [2.24, 2.45) is 0 Å². The number of rotatable bonds is 4. The molecule has 1 atom stereocenters. The molecule has 0 saturated heterocycles. The molecule has 5 nitrogen and oxygen atoms in total. The van der Waals surface area contributed by atoms with Gasteiger partial charge in [-0.2, -0.15) is 5.26 Å². The number of benzene rings is 7. The van der Waals surface area contributed by atoms with Crippen LogP contribution >= 0.6 is 0 Å². The fraction of sp³-hybridized carbons (Fsp3) is 0.0196. The second kappa shape index (κ2) is 12.4. The number of hydrogen-bond acceptors (Lipinski definition) is 5. The Hall–Kier alpha value is -7.86. The molecule has 1 aliphatic carbocycles. The second-order valence-corrected chi connectivity index (χ2v) is 14.1. The van der Waals surface area contributed by atoms with Gasteiger partial charge in [-0.15, -0.1) is 0 Å². The predicted molar refractivity (Wildman–Crippen MR) is 219 cm³/mol. The van der Waals surface area contributed by atoms with Crippen molar-refractivity contribution in [3.05, 3.63) is 210 Å². The van der Waals surface area contributed by atoms with Gasteiger partial charge < -0.3 is 4.74 Å². The van der Waals surface area contributed by atoms with Crippen molar-refractivity contribution in [2.75, 3.05) is 0 Å². The summed E-state index contributed by atoms with van der Waals surface area (Å²) in [6, 6.07) is 66.5. The third-order valence-electron chi connectivity index (χ3n) is 11.1. The summed E-state index contributed by atoms with van der Waals surface area (Å²) < 4.78 is 6.84. The van der Waals surface area contributed by atoms with Gasteiger partial charge in [0.1, 0.15) is 11.5 Å². The minimum atomic E-state index is -0.713. The Kier molecular flexibility index (Phi) is 6.98. The third-order valence-corrected chi connectivity index (χ3v) is 11.1. The highest BCUT2D eigenvalue weighted by atomic mass is 16.5. The van der Waals surface area contributed by atoms with E-state index in [1.54, 1.807) is 0 Å². The average Bonchev–Trinajstić information content (AvgIpc) is 3.57. The van der Waals surface area contributed by atoms with Gasteiger partial charge in [0.25, 0.3) is 0 Å². The van der Waals surface area contributed by atoms with E-state index in [0.717, 1.165) is 66.4 Å². The fourth-order valence-corrected chi connectivity index (χ4v) is 8.60. The van der Waals surface area contributed by atoms with Crippen LogP contribution in [-0.2, 0) is 5.41 Å². The quantitative estimate of drug-likeness (QED) is 0.182. The van der Waals surface area contributed by atoms with Crippen LogP contribution in [0.25, 0.3) is 67.2 Å². The third kappa shape index (κ3) is 4.72. The Morgan fingerprint density at radius 2 is 1.07 bits per heavy atom. The van der Waals surface area contributed by atoms with Crippen LogP contribution in [0.1, 0.15) is 27.8 Å². The molecule has 5 heteroatoms. The molecule has 56 heavy (non-hydrogen) atoms. The smallest absolute Gasteiger partial charge is 0.164 e. The number of fused-ring (bicyclic) bond motifs is 11. The van der Waals surface area contributed by atoms with E-state index in [-0.39, 0.29) is 0 Å². The minimum absolute atomic E-state index is 0.529. The maximum atomic E-state index is 10.00. The molecule has 8 aromatic carbocycles. The van der Waals surface area contributed by atoms with E-state index in [0.29, 0.717) is 34.5 Å². The summed E-state index contributed by atoms with van der Waals surface area (Å²) in [6.45, 7) is 0. The molecule has 0 amide bonds. The number of nitrogens with zero attached hydrogens (tertiary/aromatic N) is 4. The van der Waals surface area contributed by atoms with Crippen LogP contribution in [0.2, 0.25) is 0 Å². The van der Waals surface area contributed by atoms with Gasteiger partial charge in [0, 0.05) is 33.2 Å². The first-order valence-electron chi connectivity index (χ1n) is 18.5. The second-order valence-electron chi connectivity index (χ2n) is 14.1. The summed E-state index contributed by atoms with van der Waals surface area (Å²) in [4.78, 5) is 15.1. The predicted octanol–water partition coefficient (Wildman–Crippen LogP) is 11.6. The van der Waals surface area contributed by atoms with Crippen molar-refractivity contribution in [3.8, 4) is 74.0 Å². The molecule has 11 rings (SSSR count). The normalized spacial score (nSPS) is 14.5. The van der Waals surface area contributed by atoms with Crippen LogP contribution in [0.5, 0.6) is 11.5 Å². The molecule has 0 N–H and O–H groups in total. The minimum Gasteiger partial charge on any atom is -0.457 e. The van der Waals surface area contributed by atoms with Crippen LogP contribution in [0.4, 0.5) is 0 Å². The van der Waals surface area contributed by atoms with Gasteiger partial charge in [-0.3, -0.25) is 0 Å². The van der Waals surface area contributed by atoms with E-state index in [1.807, 2.05) is 72.8 Å². The molecule has 0 saturated carbocycles. The van der Waals surface area contributed by atoms with Crippen molar-refractivity contribution >= 4 is 10.8 Å². The first kappa shape index (κ1) is 31.6. The van der Waals surface area contributed by atoms with Crippen molar-refractivity contribution in [2.45, 2.75) is 5.41 Å². The number of hydrogen-bond donors (Lipinski definition) is 0. The molecule has 0 fully saturated rings. The summed E-state index contributed by atoms with van der Waals surface area (Å²) in [6.07, 6.45) is 0. The van der Waals surface area contributed by atoms with Gasteiger partial charge in [-0.25, -0.2) is 15.0 Å². The first-order valence-corrected chi connectivity index (χ1v) is 18.5. The lowest BCUT2D eigenvalue weighted by Gasteiger charge is -2.39. The van der Waals surface area contributed by atoms with Gasteiger partial charge in [-0.05, 0) is 75.2 Å². The number of nitriles is 1. The van der Waals surface area contributed by atoms with Gasteiger partial charge in [-0.1, -0.05) is 146 Å². The van der Waals surface area contributed by atoms with Gasteiger partial charge >= 0.3 is 0 Å². The molecule has 2 heterocycles. The molecule has 258 valence electrons. The zero-order valence-corrected chi connectivity index (χ0v) is 29.9. The highest BCUT2D eigenvalue weighted by Gasteiger charge is 2.51. The zero-order chi connectivity index (χ0) is 37.2. The largest absolute Gasteiger partial charge is 0.457 e. The lowest BCUT2D eigenvalue weighted by Crippen LogP contribution is -2.32. The number of aromatic nitrogens is 3. The van der Waals surface area contributed by atoms with E-state index in [1.165, 1.54) is 5.56 Å². The van der Waals surface area contributed by atoms with E-state index in [4.69, 9.17) is 19.7 Å². The highest BCUT2D eigenvalue weighted by molar-refractivity contribution is 6.04. The summed E-state index contributed by atoms with van der Waals surface area (Å²) in [5.41, 5.74) is 11.3. The molecule has 0 radical (unpaired) electrons. The lowest BCUT2D eigenvalue weighted by atomic mass is 9.65. The monoisotopic (exact) mass is 712 g/mol. The van der Waals surface area contributed by atoms with Gasteiger partial charge in [0.2, 0.25) is 0 Å². The topological polar surface area (TPSA) is 71.7 Å². The zero-order valence-electron chi connectivity index (χ0n) is 29.9. The summed E-state index contributed by atoms with van der Waals surface area (Å²) in [5.74, 6) is 3.01. The molecule has 2 aliphatic rings. The number of ether oxygens (including phenoxy) is 1. The molecule has 1 aromatic heterocycles. The van der Waals surface area contributed by atoms with Crippen LogP contribution < -0.4 is 4.74 Å². The summed E-state index contributed by atoms with van der Waals surface area (Å²) in [5, 5.41) is 12.1. The lowest BCUT2D eigenvalue weighted by molar-refractivity contribution is 0.436. The Morgan fingerprint density at radius 3 is 1.82 bits per heavy atom. The Balaban J connectivity index is 1.12. The first-order chi connectivity index (χ1) is 27.7. The molecule has 0 bridgehead atoms. The summed E-state index contributed by atoms with van der Waals surface area (Å²) >= 11 is 0. The van der Waals surface area contributed by atoms with E-state index < -0.39 is 5.41 Å².